The maximum absolute atomic E-state index is 3.24. The highest BCUT2D eigenvalue weighted by Gasteiger charge is 2.22. The van der Waals surface area contributed by atoms with Crippen molar-refractivity contribution in [2.75, 3.05) is 0 Å². The molecule has 0 N–H and O–H groups in total. The Morgan fingerprint density at radius 2 is 1.25 bits per heavy atom. The lowest BCUT2D eigenvalue weighted by Crippen LogP contribution is -2.11. The zero-order valence-corrected chi connectivity index (χ0v) is 7.81. The molecule has 0 amide bonds. The third kappa shape index (κ3) is 1.83. The molecule has 12 heavy (non-hydrogen) atoms. The van der Waals surface area contributed by atoms with Crippen molar-refractivity contribution < 1.29 is 0 Å². The minimum atomic E-state index is 0.920. The van der Waals surface area contributed by atoms with Gasteiger partial charge >= 0.3 is 0 Å². The summed E-state index contributed by atoms with van der Waals surface area (Å²) in [6, 6.07) is 0. The molecule has 0 aromatic rings. The van der Waals surface area contributed by atoms with Crippen LogP contribution in [-0.2, 0) is 0 Å². The molecule has 0 aromatic heterocycles. The van der Waals surface area contributed by atoms with Gasteiger partial charge in [0.05, 0.1) is 0 Å². The molecule has 0 atom stereocenters. The van der Waals surface area contributed by atoms with E-state index >= 15 is 0 Å². The summed E-state index contributed by atoms with van der Waals surface area (Å²) in [5, 5.41) is 0. The molecule has 0 radical (unpaired) electrons. The lowest BCUT2D eigenvalue weighted by molar-refractivity contribution is 0.314. The Bertz CT molecular complexity index is 176. The first-order valence-electron chi connectivity index (χ1n) is 5.42. The van der Waals surface area contributed by atoms with Crippen molar-refractivity contribution in [1.29, 1.82) is 0 Å². The van der Waals surface area contributed by atoms with Crippen molar-refractivity contribution in [1.82, 2.24) is 0 Å². The van der Waals surface area contributed by atoms with Crippen molar-refractivity contribution in [2.45, 2.75) is 51.4 Å². The summed E-state index contributed by atoms with van der Waals surface area (Å²) in [6.07, 6.45) is 11.3. The highest BCUT2D eigenvalue weighted by Crippen LogP contribution is 2.33. The van der Waals surface area contributed by atoms with Crippen LogP contribution in [0.25, 0.3) is 0 Å². The van der Waals surface area contributed by atoms with E-state index in [9.17, 15) is 0 Å². The topological polar surface area (TPSA) is 0 Å². The Balaban J connectivity index is 1.84. The molecule has 0 saturated heterocycles. The third-order valence-electron chi connectivity index (χ3n) is 3.42. The zero-order chi connectivity index (χ0) is 8.23. The highest BCUT2D eigenvalue weighted by atomic mass is 14.3. The van der Waals surface area contributed by atoms with Crippen LogP contribution < -0.4 is 0 Å². The molecule has 2 rings (SSSR count). The molecule has 66 valence electrons. The molecule has 0 heteroatoms. The van der Waals surface area contributed by atoms with Gasteiger partial charge in [-0.15, -0.1) is 11.8 Å². The summed E-state index contributed by atoms with van der Waals surface area (Å²) in [4.78, 5) is 0. The van der Waals surface area contributed by atoms with Crippen molar-refractivity contribution in [3.8, 4) is 11.8 Å². The summed E-state index contributed by atoms with van der Waals surface area (Å²) in [5.74, 6) is 8.41. The van der Waals surface area contributed by atoms with Gasteiger partial charge in [-0.3, -0.25) is 0 Å². The van der Waals surface area contributed by atoms with Gasteiger partial charge in [-0.2, -0.15) is 0 Å². The largest absolute Gasteiger partial charge is 0.103 e. The summed E-state index contributed by atoms with van der Waals surface area (Å²) < 4.78 is 0. The Kier molecular flexibility index (Phi) is 2.71. The monoisotopic (exact) mass is 162 g/mol. The molecular formula is C12H18. The van der Waals surface area contributed by atoms with E-state index in [-0.39, 0.29) is 0 Å². The summed E-state index contributed by atoms with van der Waals surface area (Å²) in [7, 11) is 0. The molecule has 0 spiro atoms. The molecule has 0 unspecified atom stereocenters. The van der Waals surface area contributed by atoms with E-state index in [0.29, 0.717) is 0 Å². The first-order valence-corrected chi connectivity index (χ1v) is 5.42. The van der Waals surface area contributed by atoms with Crippen molar-refractivity contribution >= 4 is 0 Å². The zero-order valence-electron chi connectivity index (χ0n) is 7.81. The van der Waals surface area contributed by atoms with Gasteiger partial charge in [-0.25, -0.2) is 0 Å². The molecule has 0 heterocycles. The van der Waals surface area contributed by atoms with Crippen LogP contribution in [0.5, 0.6) is 0 Å². The molecule has 0 bridgehead atoms. The van der Waals surface area contributed by atoms with Gasteiger partial charge < -0.3 is 0 Å². The Hall–Kier alpha value is -0.440. The van der Waals surface area contributed by atoms with Crippen LogP contribution in [0, 0.1) is 23.7 Å². The van der Waals surface area contributed by atoms with Crippen LogP contribution >= 0.6 is 0 Å². The van der Waals surface area contributed by atoms with E-state index in [1.165, 1.54) is 51.4 Å². The quantitative estimate of drug-likeness (QED) is 0.409. The molecule has 0 aromatic carbocycles. The Morgan fingerprint density at radius 1 is 0.667 bits per heavy atom. The second kappa shape index (κ2) is 3.99. The first kappa shape index (κ1) is 8.17. The predicted octanol–water partition coefficient (Wildman–Crippen LogP) is 3.37. The molecule has 2 aliphatic rings. The maximum Gasteiger partial charge on any atom is 0.0129 e. The predicted molar refractivity (Wildman–Crippen MR) is 51.7 cm³/mol. The van der Waals surface area contributed by atoms with Crippen molar-refractivity contribution in [3.63, 3.8) is 0 Å². The molecule has 2 aliphatic carbocycles. The second-order valence-electron chi connectivity index (χ2n) is 4.27. The average molecular weight is 162 g/mol. The molecule has 0 aliphatic heterocycles. The van der Waals surface area contributed by atoms with E-state index in [0.717, 1.165) is 11.8 Å². The summed E-state index contributed by atoms with van der Waals surface area (Å²) in [5.41, 5.74) is 0. The smallest absolute Gasteiger partial charge is 0.0129 e. The fraction of sp³-hybridized carbons (Fsp3) is 0.833. The third-order valence-corrected chi connectivity index (χ3v) is 3.42. The summed E-state index contributed by atoms with van der Waals surface area (Å²) in [6.45, 7) is 0. The summed E-state index contributed by atoms with van der Waals surface area (Å²) >= 11 is 0. The SMILES string of the molecule is C1#CCC(C2CCCCCC2)C1. The van der Waals surface area contributed by atoms with Crippen LogP contribution in [0.2, 0.25) is 0 Å². The van der Waals surface area contributed by atoms with E-state index in [2.05, 4.69) is 11.8 Å². The average Bonchev–Trinajstić information content (AvgIpc) is 2.48. The number of hydrogen-bond donors (Lipinski definition) is 0. The van der Waals surface area contributed by atoms with Crippen LogP contribution in [-0.4, -0.2) is 0 Å². The van der Waals surface area contributed by atoms with Crippen molar-refractivity contribution in [3.05, 3.63) is 0 Å². The van der Waals surface area contributed by atoms with E-state index in [1.54, 1.807) is 0 Å². The van der Waals surface area contributed by atoms with Gasteiger partial charge in [0.1, 0.15) is 0 Å². The Labute approximate surface area is 75.7 Å². The minimum absolute atomic E-state index is 0.920. The van der Waals surface area contributed by atoms with Gasteiger partial charge in [-0.1, -0.05) is 38.5 Å². The van der Waals surface area contributed by atoms with E-state index in [1.807, 2.05) is 0 Å². The number of rotatable bonds is 1. The fourth-order valence-corrected chi connectivity index (χ4v) is 2.59. The van der Waals surface area contributed by atoms with Crippen LogP contribution in [0.3, 0.4) is 0 Å². The van der Waals surface area contributed by atoms with Crippen LogP contribution in [0.4, 0.5) is 0 Å². The van der Waals surface area contributed by atoms with Gasteiger partial charge in [0.25, 0.3) is 0 Å². The van der Waals surface area contributed by atoms with Gasteiger partial charge in [-0.05, 0) is 11.8 Å². The molecule has 1 saturated carbocycles. The lowest BCUT2D eigenvalue weighted by Gasteiger charge is -2.20. The van der Waals surface area contributed by atoms with Gasteiger partial charge in [0, 0.05) is 12.8 Å². The second-order valence-corrected chi connectivity index (χ2v) is 4.27. The van der Waals surface area contributed by atoms with Gasteiger partial charge in [0.2, 0.25) is 0 Å². The van der Waals surface area contributed by atoms with Crippen LogP contribution in [0.1, 0.15) is 51.4 Å². The van der Waals surface area contributed by atoms with E-state index < -0.39 is 0 Å². The first-order chi connectivity index (χ1) is 5.97. The Morgan fingerprint density at radius 3 is 1.83 bits per heavy atom. The van der Waals surface area contributed by atoms with Crippen molar-refractivity contribution in [2.24, 2.45) is 11.8 Å². The number of hydrogen-bond acceptors (Lipinski definition) is 0. The standard InChI is InChI=1S/C12H18/c1-2-4-8-11(7-3-1)12-9-5-6-10-12/h11-12H,1-4,7-10H2. The molecular weight excluding hydrogens is 144 g/mol. The fourth-order valence-electron chi connectivity index (χ4n) is 2.59. The normalized spacial score (nSPS) is 26.3. The van der Waals surface area contributed by atoms with E-state index in [4.69, 9.17) is 0 Å². The lowest BCUT2D eigenvalue weighted by atomic mass is 9.84. The molecule has 1 fully saturated rings. The maximum atomic E-state index is 3.24. The minimum Gasteiger partial charge on any atom is -0.103 e. The molecule has 0 nitrogen and oxygen atoms in total. The van der Waals surface area contributed by atoms with Gasteiger partial charge in [0.15, 0.2) is 0 Å². The highest BCUT2D eigenvalue weighted by molar-refractivity contribution is 5.09. The van der Waals surface area contributed by atoms with Crippen LogP contribution in [0.15, 0.2) is 0 Å².